The Morgan fingerprint density at radius 2 is 0.822 bits per heavy atom. The number of nitrogens with one attached hydrogen (secondary N) is 4. The van der Waals surface area contributed by atoms with Gasteiger partial charge in [-0.2, -0.15) is 0 Å². The van der Waals surface area contributed by atoms with Gasteiger partial charge in [0.15, 0.2) is 12.2 Å². The van der Waals surface area contributed by atoms with Crippen LogP contribution in [0, 0.1) is 0 Å². The predicted molar refractivity (Wildman–Crippen MR) is 341 cm³/mol. The van der Waals surface area contributed by atoms with Crippen molar-refractivity contribution >= 4 is 104 Å². The molecule has 4 heterocycles. The highest BCUT2D eigenvalue weighted by atomic mass is 16.5. The van der Waals surface area contributed by atoms with Crippen LogP contribution in [-0.4, -0.2) is 208 Å². The quantitative estimate of drug-likeness (QED) is 0.0435. The van der Waals surface area contributed by atoms with E-state index in [2.05, 4.69) is 55.0 Å². The third-order valence-electron chi connectivity index (χ3n) is 15.5. The van der Waals surface area contributed by atoms with Crippen LogP contribution in [0.15, 0.2) is 146 Å². The third-order valence-corrected chi connectivity index (χ3v) is 15.5. The summed E-state index contributed by atoms with van der Waals surface area (Å²) in [5.74, 6) is -4.93. The zero-order chi connectivity index (χ0) is 64.8. The molecular weight excluding hydrogens is 1160 g/mol. The van der Waals surface area contributed by atoms with Gasteiger partial charge in [0.05, 0.1) is 72.4 Å². The molecule has 24 nitrogen and oxygen atoms in total. The third kappa shape index (κ3) is 16.4. The number of nitrogens with zero attached hydrogens (tertiary/aromatic N) is 6. The van der Waals surface area contributed by atoms with Crippen LogP contribution in [0.2, 0.25) is 0 Å². The molecule has 0 spiro atoms. The summed E-state index contributed by atoms with van der Waals surface area (Å²) in [6.07, 6.45) is -4.53. The van der Waals surface area contributed by atoms with E-state index in [0.29, 0.717) is 69.3 Å². The molecular formula is C66H72N10O14. The maximum atomic E-state index is 13.2. The number of ether oxygens (including phenoxy) is 2. The summed E-state index contributed by atoms with van der Waals surface area (Å²) >= 11 is 0. The molecule has 4 aliphatic rings. The van der Waals surface area contributed by atoms with Gasteiger partial charge < -0.3 is 70.8 Å². The standard InChI is InChI=1S/2C31H33N5O4.C4H6O6/c2*1-34-15-17-36(18-16-34)20-27(37)35(2)24-12-10-23(11-13-24)32-29(21-7-5-4-6-8-21)28-25-14-9-22(31(39)40-3)19-26(25)33-30(28)38;5-1(3(7)8)2(6)4(9)10/h2*4-14,19,32H,15-18,20H2,1-3H3,(H,33,38);1-2,5-6H,(H,7,8)(H,9,10)/b2*29-28-;. The van der Waals surface area contributed by atoms with Crippen LogP contribution < -0.4 is 31.1 Å². The van der Waals surface area contributed by atoms with Gasteiger partial charge in [0.1, 0.15) is 0 Å². The van der Waals surface area contributed by atoms with Crippen LogP contribution in [0.3, 0.4) is 0 Å². The first-order chi connectivity index (χ1) is 43.1. The van der Waals surface area contributed by atoms with E-state index in [0.717, 1.165) is 86.2 Å². The molecule has 0 radical (unpaired) electrons. The molecule has 0 saturated carbocycles. The number of hydrogen-bond donors (Lipinski definition) is 8. The van der Waals surface area contributed by atoms with Crippen LogP contribution in [-0.2, 0) is 38.2 Å². The molecule has 6 aromatic rings. The fourth-order valence-corrected chi connectivity index (χ4v) is 10.1. The topological polar surface area (TPSA) is 304 Å². The number of fused-ring (bicyclic) bond motifs is 2. The van der Waals surface area contributed by atoms with Crippen molar-refractivity contribution in [1.29, 1.82) is 0 Å². The molecule has 2 saturated heterocycles. The Morgan fingerprint density at radius 1 is 0.489 bits per heavy atom. The van der Waals surface area contributed by atoms with Crippen LogP contribution in [0.5, 0.6) is 0 Å². The Bertz CT molecular complexity index is 3440. The lowest BCUT2D eigenvalue weighted by Gasteiger charge is -2.32. The number of carboxylic acids is 2. The van der Waals surface area contributed by atoms with Gasteiger partial charge in [0.25, 0.3) is 11.8 Å². The lowest BCUT2D eigenvalue weighted by Crippen LogP contribution is -2.48. The molecule has 4 amide bonds. The second-order valence-corrected chi connectivity index (χ2v) is 21.6. The van der Waals surface area contributed by atoms with Gasteiger partial charge >= 0.3 is 23.9 Å². The molecule has 2 fully saturated rings. The monoisotopic (exact) mass is 1230 g/mol. The number of carbonyl (C=O) groups excluding carboxylic acids is 6. The SMILES string of the molecule is COC(=O)c1ccc2c(c1)NC(=O)/C2=C(\Nc1ccc(N(C)C(=O)CN2CCN(C)CC2)cc1)c1ccccc1.COC(=O)c1ccc2c(c1)NC(=O)/C2=C(\Nc1ccc(N(C)C(=O)CN2CCN(C)CC2)cc1)c1ccccc1.O=C(O)C(O)C(O)C(=O)O. The largest absolute Gasteiger partial charge is 0.479 e. The number of rotatable bonds is 17. The fourth-order valence-electron chi connectivity index (χ4n) is 10.1. The van der Waals surface area contributed by atoms with E-state index in [1.54, 1.807) is 60.3 Å². The summed E-state index contributed by atoms with van der Waals surface area (Å²) in [5, 5.41) is 45.2. The zero-order valence-corrected chi connectivity index (χ0v) is 50.6. The predicted octanol–water partition coefficient (Wildman–Crippen LogP) is 5.11. The van der Waals surface area contributed by atoms with Crippen molar-refractivity contribution in [3.8, 4) is 0 Å². The van der Waals surface area contributed by atoms with Crippen molar-refractivity contribution in [3.05, 3.63) is 179 Å². The number of benzene rings is 6. The molecule has 0 bridgehead atoms. The maximum Gasteiger partial charge on any atom is 0.337 e. The first-order valence-electron chi connectivity index (χ1n) is 28.7. The Hall–Kier alpha value is -10.1. The highest BCUT2D eigenvalue weighted by Crippen LogP contribution is 2.40. The minimum atomic E-state index is -2.27. The molecule has 2 atom stereocenters. The minimum Gasteiger partial charge on any atom is -0.479 e. The molecule has 0 aliphatic carbocycles. The number of aliphatic carboxylic acids is 2. The van der Waals surface area contributed by atoms with Crippen LogP contribution in [0.4, 0.5) is 34.1 Å². The van der Waals surface area contributed by atoms with Crippen molar-refractivity contribution in [2.75, 3.05) is 139 Å². The minimum absolute atomic E-state index is 0.0444. The Morgan fingerprint density at radius 3 is 1.13 bits per heavy atom. The van der Waals surface area contributed by atoms with Gasteiger partial charge in [-0.3, -0.25) is 29.0 Å². The Kier molecular flexibility index (Phi) is 22.1. The second kappa shape index (κ2) is 30.2. The number of methoxy groups -OCH3 is 2. The summed E-state index contributed by atoms with van der Waals surface area (Å²) < 4.78 is 9.65. The van der Waals surface area contributed by atoms with E-state index >= 15 is 0 Å². The lowest BCUT2D eigenvalue weighted by molar-refractivity contribution is -0.165. The summed E-state index contributed by atoms with van der Waals surface area (Å²) in [6, 6.07) is 44.4. The van der Waals surface area contributed by atoms with E-state index in [1.165, 1.54) is 14.2 Å². The highest BCUT2D eigenvalue weighted by molar-refractivity contribution is 6.38. The molecule has 6 aromatic carbocycles. The normalized spacial score (nSPS) is 16.5. The lowest BCUT2D eigenvalue weighted by atomic mass is 9.99. The smallest absolute Gasteiger partial charge is 0.337 e. The summed E-state index contributed by atoms with van der Waals surface area (Å²) in [4.78, 5) is 108. The average Bonchev–Trinajstić information content (AvgIpc) is 2.00. The van der Waals surface area contributed by atoms with Crippen LogP contribution in [0.1, 0.15) is 43.0 Å². The van der Waals surface area contributed by atoms with Gasteiger partial charge in [-0.25, -0.2) is 19.2 Å². The van der Waals surface area contributed by atoms with Crippen LogP contribution in [0.25, 0.3) is 22.5 Å². The molecule has 10 rings (SSSR count). The highest BCUT2D eigenvalue weighted by Gasteiger charge is 2.33. The molecule has 2 unspecified atom stereocenters. The number of aliphatic hydroxyl groups excluding tert-OH is 2. The number of aliphatic hydroxyl groups is 2. The number of piperazine rings is 2. The van der Waals surface area contributed by atoms with Gasteiger partial charge in [-0.1, -0.05) is 72.8 Å². The maximum absolute atomic E-state index is 13.2. The molecule has 24 heteroatoms. The van der Waals surface area contributed by atoms with Crippen LogP contribution >= 0.6 is 0 Å². The summed E-state index contributed by atoms with van der Waals surface area (Å²) in [6.45, 7) is 8.18. The molecule has 90 heavy (non-hydrogen) atoms. The first kappa shape index (κ1) is 65.9. The number of carbonyl (C=O) groups is 8. The van der Waals surface area contributed by atoms with Gasteiger partial charge in [0, 0.05) is 100 Å². The van der Waals surface area contributed by atoms with Gasteiger partial charge in [0.2, 0.25) is 11.8 Å². The van der Waals surface area contributed by atoms with Crippen molar-refractivity contribution in [2.24, 2.45) is 0 Å². The average molecular weight is 1230 g/mol. The van der Waals surface area contributed by atoms with Crippen molar-refractivity contribution in [3.63, 3.8) is 0 Å². The first-order valence-corrected chi connectivity index (χ1v) is 28.7. The number of esters is 2. The molecule has 470 valence electrons. The van der Waals surface area contributed by atoms with Gasteiger partial charge in [-0.05, 0) is 98.0 Å². The van der Waals surface area contributed by atoms with Gasteiger partial charge in [-0.15, -0.1) is 0 Å². The van der Waals surface area contributed by atoms with Crippen molar-refractivity contribution in [2.45, 2.75) is 12.2 Å². The summed E-state index contributed by atoms with van der Waals surface area (Å²) in [5.41, 5.74) is 10.2. The number of amides is 4. The number of likely N-dealkylation sites (N-methyl/N-ethyl adjacent to an activating group) is 4. The fraction of sp³-hybridized carbons (Fsp3) is 0.273. The van der Waals surface area contributed by atoms with E-state index in [9.17, 15) is 38.4 Å². The Labute approximate surface area is 520 Å². The van der Waals surface area contributed by atoms with E-state index < -0.39 is 36.1 Å². The Balaban J connectivity index is 0.000000202. The second-order valence-electron chi connectivity index (χ2n) is 21.6. The van der Waals surface area contributed by atoms with Crippen molar-refractivity contribution in [1.82, 2.24) is 19.6 Å². The van der Waals surface area contributed by atoms with E-state index in [-0.39, 0.29) is 23.6 Å². The molecule has 8 N–H and O–H groups in total. The molecule has 0 aromatic heterocycles. The molecule has 4 aliphatic heterocycles. The van der Waals surface area contributed by atoms with Crippen molar-refractivity contribution < 1.29 is 68.3 Å². The van der Waals surface area contributed by atoms with E-state index in [1.807, 2.05) is 109 Å². The number of hydrogen-bond acceptors (Lipinski definition) is 18. The number of anilines is 6. The summed E-state index contributed by atoms with van der Waals surface area (Å²) in [7, 11) is 10.4. The zero-order valence-electron chi connectivity index (χ0n) is 50.6. The number of carboxylic acid groups (broad SMARTS) is 2. The van der Waals surface area contributed by atoms with E-state index in [4.69, 9.17) is 29.9 Å².